The van der Waals surface area contributed by atoms with Gasteiger partial charge in [0.1, 0.15) is 5.75 Å². The zero-order valence-corrected chi connectivity index (χ0v) is 9.84. The largest absolute Gasteiger partial charge is 0.489 e. The number of carbonyl (C=O) groups excluding carboxylic acids is 1. The highest BCUT2D eigenvalue weighted by molar-refractivity contribution is 5.89. The van der Waals surface area contributed by atoms with Gasteiger partial charge in [-0.2, -0.15) is 13.2 Å². The zero-order valence-electron chi connectivity index (χ0n) is 9.84. The van der Waals surface area contributed by atoms with Crippen LogP contribution in [0.15, 0.2) is 18.2 Å². The summed E-state index contributed by atoms with van der Waals surface area (Å²) in [6.45, 7) is 3.43. The van der Waals surface area contributed by atoms with Crippen LogP contribution in [0.4, 0.5) is 23.7 Å². The van der Waals surface area contributed by atoms with Gasteiger partial charge in [0.15, 0.2) is 0 Å². The van der Waals surface area contributed by atoms with Crippen LogP contribution in [0.3, 0.4) is 0 Å². The van der Waals surface area contributed by atoms with Crippen LogP contribution in [0.2, 0.25) is 0 Å². The first-order valence-electron chi connectivity index (χ1n) is 5.14. The highest BCUT2D eigenvalue weighted by atomic mass is 19.4. The number of carbonyl (C=O) groups is 1. The number of ether oxygens (including phenoxy) is 1. The molecule has 3 N–H and O–H groups in total. The molecule has 1 aromatic rings. The third kappa shape index (κ3) is 3.83. The summed E-state index contributed by atoms with van der Waals surface area (Å²) < 4.78 is 42.8. The fraction of sp³-hybridized carbons (Fsp3) is 0.364. The Morgan fingerprint density at radius 3 is 2.44 bits per heavy atom. The molecule has 1 aromatic carbocycles. The number of amides is 2. The predicted molar refractivity (Wildman–Crippen MR) is 60.4 cm³/mol. The molecule has 100 valence electrons. The van der Waals surface area contributed by atoms with Gasteiger partial charge in [0, 0.05) is 0 Å². The Kier molecular flexibility index (Phi) is 4.05. The number of benzene rings is 1. The van der Waals surface area contributed by atoms with Gasteiger partial charge in [0.2, 0.25) is 0 Å². The van der Waals surface area contributed by atoms with E-state index in [2.05, 4.69) is 5.32 Å². The minimum atomic E-state index is -4.50. The van der Waals surface area contributed by atoms with Gasteiger partial charge in [-0.1, -0.05) is 0 Å². The van der Waals surface area contributed by atoms with E-state index in [0.717, 1.165) is 18.2 Å². The Morgan fingerprint density at radius 1 is 1.39 bits per heavy atom. The summed E-state index contributed by atoms with van der Waals surface area (Å²) in [4.78, 5) is 10.7. The number of alkyl halides is 3. The minimum Gasteiger partial charge on any atom is -0.489 e. The Morgan fingerprint density at radius 2 is 2.00 bits per heavy atom. The van der Waals surface area contributed by atoms with Crippen molar-refractivity contribution >= 4 is 11.7 Å². The topological polar surface area (TPSA) is 64.3 Å². The monoisotopic (exact) mass is 262 g/mol. The van der Waals surface area contributed by atoms with Crippen LogP contribution < -0.4 is 15.8 Å². The number of urea groups is 1. The normalized spacial score (nSPS) is 11.4. The lowest BCUT2D eigenvalue weighted by Crippen LogP contribution is -2.21. The molecule has 0 heterocycles. The number of anilines is 1. The van der Waals surface area contributed by atoms with Crippen molar-refractivity contribution in [2.75, 3.05) is 5.32 Å². The van der Waals surface area contributed by atoms with Crippen molar-refractivity contribution in [3.8, 4) is 5.75 Å². The summed E-state index contributed by atoms with van der Waals surface area (Å²) in [5.41, 5.74) is 3.90. The van der Waals surface area contributed by atoms with Crippen molar-refractivity contribution in [1.82, 2.24) is 0 Å². The Bertz CT molecular complexity index is 444. The molecule has 0 fully saturated rings. The van der Waals surface area contributed by atoms with Crippen molar-refractivity contribution in [2.24, 2.45) is 5.73 Å². The first kappa shape index (κ1) is 14.1. The molecule has 0 aliphatic carbocycles. The standard InChI is InChI=1S/C11H13F3N2O2/c1-6(2)18-9-4-3-7(11(12,13)14)5-8(9)16-10(15)17/h3-6H,1-2H3,(H3,15,16,17). The van der Waals surface area contributed by atoms with Gasteiger partial charge in [-0.25, -0.2) is 4.79 Å². The quantitative estimate of drug-likeness (QED) is 0.879. The molecular weight excluding hydrogens is 249 g/mol. The Hall–Kier alpha value is -1.92. The molecule has 0 aromatic heterocycles. The van der Waals surface area contributed by atoms with E-state index in [4.69, 9.17) is 10.5 Å². The van der Waals surface area contributed by atoms with E-state index in [1.807, 2.05) is 0 Å². The Balaban J connectivity index is 3.16. The number of hydrogen-bond acceptors (Lipinski definition) is 2. The van der Waals surface area contributed by atoms with Gasteiger partial charge in [0.25, 0.3) is 0 Å². The van der Waals surface area contributed by atoms with E-state index in [9.17, 15) is 18.0 Å². The van der Waals surface area contributed by atoms with Gasteiger partial charge in [0.05, 0.1) is 17.4 Å². The van der Waals surface area contributed by atoms with Gasteiger partial charge < -0.3 is 15.8 Å². The molecule has 0 aliphatic rings. The number of halogens is 3. The first-order valence-corrected chi connectivity index (χ1v) is 5.14. The van der Waals surface area contributed by atoms with E-state index in [-0.39, 0.29) is 17.5 Å². The van der Waals surface area contributed by atoms with Crippen LogP contribution in [0.5, 0.6) is 5.75 Å². The van der Waals surface area contributed by atoms with Gasteiger partial charge in [-0.15, -0.1) is 0 Å². The molecule has 0 radical (unpaired) electrons. The number of nitrogens with one attached hydrogen (secondary N) is 1. The van der Waals surface area contributed by atoms with Gasteiger partial charge in [-0.3, -0.25) is 0 Å². The summed E-state index contributed by atoms with van der Waals surface area (Å²) in [6, 6.07) is 1.85. The lowest BCUT2D eigenvalue weighted by molar-refractivity contribution is -0.137. The molecule has 4 nitrogen and oxygen atoms in total. The van der Waals surface area contributed by atoms with E-state index >= 15 is 0 Å². The van der Waals surface area contributed by atoms with E-state index in [1.165, 1.54) is 0 Å². The maximum atomic E-state index is 12.5. The van der Waals surface area contributed by atoms with E-state index < -0.39 is 17.8 Å². The maximum Gasteiger partial charge on any atom is 0.416 e. The third-order valence-electron chi connectivity index (χ3n) is 1.93. The van der Waals surface area contributed by atoms with Gasteiger partial charge in [-0.05, 0) is 32.0 Å². The molecule has 0 saturated carbocycles. The van der Waals surface area contributed by atoms with E-state index in [0.29, 0.717) is 0 Å². The average molecular weight is 262 g/mol. The number of hydrogen-bond donors (Lipinski definition) is 2. The second-order valence-electron chi connectivity index (χ2n) is 3.86. The lowest BCUT2D eigenvalue weighted by atomic mass is 10.1. The number of nitrogens with two attached hydrogens (primary N) is 1. The van der Waals surface area contributed by atoms with Gasteiger partial charge >= 0.3 is 12.2 Å². The molecule has 0 spiro atoms. The predicted octanol–water partition coefficient (Wildman–Crippen LogP) is 2.98. The Labute approximate surface area is 102 Å². The number of rotatable bonds is 3. The van der Waals surface area contributed by atoms with E-state index in [1.54, 1.807) is 13.8 Å². The summed E-state index contributed by atoms with van der Waals surface area (Å²) in [5, 5.41) is 2.11. The molecular formula is C11H13F3N2O2. The fourth-order valence-corrected chi connectivity index (χ4v) is 1.29. The smallest absolute Gasteiger partial charge is 0.416 e. The molecule has 0 saturated heterocycles. The molecule has 1 rings (SSSR count). The van der Waals surface area contributed by atoms with Crippen LogP contribution >= 0.6 is 0 Å². The lowest BCUT2D eigenvalue weighted by Gasteiger charge is -2.16. The molecule has 7 heteroatoms. The molecule has 0 unspecified atom stereocenters. The van der Waals surface area contributed by atoms with Crippen molar-refractivity contribution in [3.63, 3.8) is 0 Å². The van der Waals surface area contributed by atoms with Crippen LogP contribution in [0.1, 0.15) is 19.4 Å². The molecule has 0 aliphatic heterocycles. The minimum absolute atomic E-state index is 0.106. The second-order valence-corrected chi connectivity index (χ2v) is 3.86. The molecule has 2 amide bonds. The van der Waals surface area contributed by atoms with Crippen LogP contribution in [-0.2, 0) is 6.18 Å². The van der Waals surface area contributed by atoms with Crippen molar-refractivity contribution in [1.29, 1.82) is 0 Å². The molecule has 18 heavy (non-hydrogen) atoms. The number of primary amides is 1. The van der Waals surface area contributed by atoms with Crippen LogP contribution in [0.25, 0.3) is 0 Å². The second kappa shape index (κ2) is 5.16. The average Bonchev–Trinajstić information content (AvgIpc) is 2.17. The fourth-order valence-electron chi connectivity index (χ4n) is 1.29. The SMILES string of the molecule is CC(C)Oc1ccc(C(F)(F)F)cc1NC(N)=O. The summed E-state index contributed by atoms with van der Waals surface area (Å²) in [5.74, 6) is 0.136. The van der Waals surface area contributed by atoms with Crippen molar-refractivity contribution in [2.45, 2.75) is 26.1 Å². The highest BCUT2D eigenvalue weighted by Gasteiger charge is 2.31. The first-order chi connectivity index (χ1) is 8.20. The molecule has 0 bridgehead atoms. The van der Waals surface area contributed by atoms with Crippen molar-refractivity contribution in [3.05, 3.63) is 23.8 Å². The van der Waals surface area contributed by atoms with Crippen LogP contribution in [-0.4, -0.2) is 12.1 Å². The third-order valence-corrected chi connectivity index (χ3v) is 1.93. The maximum absolute atomic E-state index is 12.5. The summed E-state index contributed by atoms with van der Waals surface area (Å²) in [6.07, 6.45) is -4.74. The summed E-state index contributed by atoms with van der Waals surface area (Å²) in [7, 11) is 0. The van der Waals surface area contributed by atoms with Crippen molar-refractivity contribution < 1.29 is 22.7 Å². The zero-order chi connectivity index (χ0) is 13.9. The van der Waals surface area contributed by atoms with Crippen LogP contribution in [0, 0.1) is 0 Å². The molecule has 0 atom stereocenters. The summed E-state index contributed by atoms with van der Waals surface area (Å²) >= 11 is 0. The highest BCUT2D eigenvalue weighted by Crippen LogP contribution is 2.35.